The molecule has 0 amide bonds. The molecule has 1 N–H and O–H groups in total. The van der Waals surface area contributed by atoms with Crippen LogP contribution in [0.5, 0.6) is 5.75 Å². The monoisotopic (exact) mass is 357 g/mol. The van der Waals surface area contributed by atoms with Gasteiger partial charge in [-0.15, -0.1) is 10.2 Å². The molecule has 0 atom stereocenters. The van der Waals surface area contributed by atoms with Crippen LogP contribution in [0.3, 0.4) is 0 Å². The van der Waals surface area contributed by atoms with E-state index < -0.39 is 11.7 Å². The van der Waals surface area contributed by atoms with Gasteiger partial charge in [0.05, 0.1) is 5.56 Å². The SMILES string of the molecule is C=CCOc1ccc(-c2nnc(NCCCC)s2)cc1C(F)(F)F. The predicted molar refractivity (Wildman–Crippen MR) is 89.4 cm³/mol. The molecule has 1 aromatic carbocycles. The first-order valence-electron chi connectivity index (χ1n) is 7.48. The Hall–Kier alpha value is -2.09. The first-order valence-corrected chi connectivity index (χ1v) is 8.30. The van der Waals surface area contributed by atoms with Crippen molar-refractivity contribution in [1.29, 1.82) is 0 Å². The normalized spacial score (nSPS) is 11.3. The molecule has 0 aliphatic rings. The summed E-state index contributed by atoms with van der Waals surface area (Å²) in [5, 5.41) is 12.1. The van der Waals surface area contributed by atoms with E-state index in [0.717, 1.165) is 25.5 Å². The van der Waals surface area contributed by atoms with Crippen molar-refractivity contribution in [3.8, 4) is 16.3 Å². The maximum absolute atomic E-state index is 13.2. The third kappa shape index (κ3) is 4.70. The van der Waals surface area contributed by atoms with Crippen molar-refractivity contribution >= 4 is 16.5 Å². The van der Waals surface area contributed by atoms with Gasteiger partial charge in [0.15, 0.2) is 0 Å². The molecule has 0 saturated heterocycles. The highest BCUT2D eigenvalue weighted by molar-refractivity contribution is 7.18. The fourth-order valence-electron chi connectivity index (χ4n) is 1.94. The van der Waals surface area contributed by atoms with Crippen molar-refractivity contribution < 1.29 is 17.9 Å². The largest absolute Gasteiger partial charge is 0.489 e. The van der Waals surface area contributed by atoms with Gasteiger partial charge in [0.1, 0.15) is 17.4 Å². The molecule has 2 aromatic rings. The standard InChI is InChI=1S/C16H18F3N3OS/c1-3-5-8-20-15-22-21-14(24-15)11-6-7-13(23-9-4-2)12(10-11)16(17,18)19/h4,6-7,10H,2-3,5,8-9H2,1H3,(H,20,22). The summed E-state index contributed by atoms with van der Waals surface area (Å²) in [7, 11) is 0. The van der Waals surface area contributed by atoms with Crippen LogP contribution in [0.4, 0.5) is 18.3 Å². The molecule has 8 heteroatoms. The zero-order valence-corrected chi connectivity index (χ0v) is 14.0. The highest BCUT2D eigenvalue weighted by atomic mass is 32.1. The van der Waals surface area contributed by atoms with Gasteiger partial charge in [0.25, 0.3) is 0 Å². The van der Waals surface area contributed by atoms with E-state index in [9.17, 15) is 13.2 Å². The van der Waals surface area contributed by atoms with Crippen LogP contribution in [0.2, 0.25) is 0 Å². The van der Waals surface area contributed by atoms with Gasteiger partial charge in [-0.2, -0.15) is 13.2 Å². The van der Waals surface area contributed by atoms with E-state index in [1.807, 2.05) is 0 Å². The first-order chi connectivity index (χ1) is 11.5. The van der Waals surface area contributed by atoms with E-state index in [1.165, 1.54) is 23.5 Å². The number of benzene rings is 1. The molecular formula is C16H18F3N3OS. The number of unbranched alkanes of at least 4 members (excludes halogenated alkanes) is 1. The Balaban J connectivity index is 2.26. The molecule has 0 bridgehead atoms. The first kappa shape index (κ1) is 18.3. The Kier molecular flexibility index (Phi) is 6.19. The lowest BCUT2D eigenvalue weighted by atomic mass is 10.1. The number of hydrogen-bond acceptors (Lipinski definition) is 5. The third-order valence-electron chi connectivity index (χ3n) is 3.12. The van der Waals surface area contributed by atoms with Crippen LogP contribution in [-0.4, -0.2) is 23.3 Å². The molecule has 0 radical (unpaired) electrons. The van der Waals surface area contributed by atoms with Crippen molar-refractivity contribution in [2.45, 2.75) is 25.9 Å². The summed E-state index contributed by atoms with van der Waals surface area (Å²) in [5.74, 6) is -0.225. The second kappa shape index (κ2) is 8.14. The highest BCUT2D eigenvalue weighted by Crippen LogP contribution is 2.39. The van der Waals surface area contributed by atoms with Crippen LogP contribution < -0.4 is 10.1 Å². The summed E-state index contributed by atoms with van der Waals surface area (Å²) >= 11 is 1.22. The Morgan fingerprint density at radius 1 is 1.33 bits per heavy atom. The quantitative estimate of drug-likeness (QED) is 0.533. The second-order valence-corrected chi connectivity index (χ2v) is 5.98. The van der Waals surface area contributed by atoms with E-state index in [2.05, 4.69) is 29.0 Å². The van der Waals surface area contributed by atoms with Crippen molar-refractivity contribution in [3.05, 3.63) is 36.4 Å². The Morgan fingerprint density at radius 3 is 2.79 bits per heavy atom. The minimum Gasteiger partial charge on any atom is -0.489 e. The zero-order valence-electron chi connectivity index (χ0n) is 13.2. The fourth-order valence-corrected chi connectivity index (χ4v) is 2.71. The van der Waals surface area contributed by atoms with Gasteiger partial charge in [0, 0.05) is 12.1 Å². The van der Waals surface area contributed by atoms with E-state index in [1.54, 1.807) is 6.07 Å². The van der Waals surface area contributed by atoms with Crippen molar-refractivity contribution in [1.82, 2.24) is 10.2 Å². The minimum atomic E-state index is -4.51. The molecule has 130 valence electrons. The number of rotatable bonds is 8. The van der Waals surface area contributed by atoms with E-state index in [4.69, 9.17) is 4.74 Å². The van der Waals surface area contributed by atoms with Gasteiger partial charge in [-0.25, -0.2) is 0 Å². The molecule has 0 aliphatic carbocycles. The number of anilines is 1. The molecule has 0 saturated carbocycles. The molecule has 24 heavy (non-hydrogen) atoms. The van der Waals surface area contributed by atoms with Crippen LogP contribution in [0, 0.1) is 0 Å². The summed E-state index contributed by atoms with van der Waals surface area (Å²) in [4.78, 5) is 0. The van der Waals surface area contributed by atoms with Gasteiger partial charge in [-0.3, -0.25) is 0 Å². The second-order valence-electron chi connectivity index (χ2n) is 5.00. The lowest BCUT2D eigenvalue weighted by Gasteiger charge is -2.13. The lowest BCUT2D eigenvalue weighted by Crippen LogP contribution is -2.09. The minimum absolute atomic E-state index is 0.00668. The molecule has 0 spiro atoms. The highest BCUT2D eigenvalue weighted by Gasteiger charge is 2.35. The van der Waals surface area contributed by atoms with E-state index >= 15 is 0 Å². The molecule has 2 rings (SSSR count). The van der Waals surface area contributed by atoms with E-state index in [-0.39, 0.29) is 12.4 Å². The summed E-state index contributed by atoms with van der Waals surface area (Å²) in [5.41, 5.74) is -0.480. The number of halogens is 3. The molecule has 1 aromatic heterocycles. The maximum Gasteiger partial charge on any atom is 0.419 e. The number of ether oxygens (including phenoxy) is 1. The van der Waals surface area contributed by atoms with Gasteiger partial charge in [0.2, 0.25) is 5.13 Å². The Morgan fingerprint density at radius 2 is 2.12 bits per heavy atom. The van der Waals surface area contributed by atoms with Crippen LogP contribution in [-0.2, 0) is 6.18 Å². The molecule has 1 heterocycles. The third-order valence-corrected chi connectivity index (χ3v) is 4.05. The lowest BCUT2D eigenvalue weighted by molar-refractivity contribution is -0.138. The maximum atomic E-state index is 13.2. The van der Waals surface area contributed by atoms with Crippen LogP contribution >= 0.6 is 11.3 Å². The van der Waals surface area contributed by atoms with Gasteiger partial charge in [-0.1, -0.05) is 37.3 Å². The number of aromatic nitrogens is 2. The zero-order chi connectivity index (χ0) is 17.6. The number of nitrogens with one attached hydrogen (secondary N) is 1. The number of hydrogen-bond donors (Lipinski definition) is 1. The number of alkyl halides is 3. The molecule has 4 nitrogen and oxygen atoms in total. The predicted octanol–water partition coefficient (Wildman–Crippen LogP) is 5.00. The van der Waals surface area contributed by atoms with Gasteiger partial charge < -0.3 is 10.1 Å². The Labute approximate surface area is 142 Å². The van der Waals surface area contributed by atoms with Gasteiger partial charge in [-0.05, 0) is 24.6 Å². The number of nitrogens with zero attached hydrogens (tertiary/aromatic N) is 2. The van der Waals surface area contributed by atoms with Crippen LogP contribution in [0.1, 0.15) is 25.3 Å². The van der Waals surface area contributed by atoms with Crippen molar-refractivity contribution in [2.75, 3.05) is 18.5 Å². The van der Waals surface area contributed by atoms with Crippen molar-refractivity contribution in [2.24, 2.45) is 0 Å². The summed E-state index contributed by atoms with van der Waals surface area (Å²) in [6.07, 6.45) is -1.09. The summed E-state index contributed by atoms with van der Waals surface area (Å²) < 4.78 is 44.8. The topological polar surface area (TPSA) is 47.0 Å². The smallest absolute Gasteiger partial charge is 0.419 e. The van der Waals surface area contributed by atoms with Crippen LogP contribution in [0.15, 0.2) is 30.9 Å². The van der Waals surface area contributed by atoms with Gasteiger partial charge >= 0.3 is 6.18 Å². The molecule has 0 aliphatic heterocycles. The van der Waals surface area contributed by atoms with E-state index in [0.29, 0.717) is 15.7 Å². The molecule has 0 unspecified atom stereocenters. The fraction of sp³-hybridized carbons (Fsp3) is 0.375. The summed E-state index contributed by atoms with van der Waals surface area (Å²) in [6.45, 7) is 6.27. The summed E-state index contributed by atoms with van der Waals surface area (Å²) in [6, 6.07) is 3.88. The average molecular weight is 357 g/mol. The molecule has 0 fully saturated rings. The molecular weight excluding hydrogens is 339 g/mol. The van der Waals surface area contributed by atoms with Crippen molar-refractivity contribution in [3.63, 3.8) is 0 Å². The average Bonchev–Trinajstić information content (AvgIpc) is 3.01. The van der Waals surface area contributed by atoms with Crippen LogP contribution in [0.25, 0.3) is 10.6 Å². The Bertz CT molecular complexity index is 685.